The highest BCUT2D eigenvalue weighted by Crippen LogP contribution is 2.24. The molecule has 5 nitrogen and oxygen atoms in total. The molecule has 2 N–H and O–H groups in total. The van der Waals surface area contributed by atoms with E-state index in [1.807, 2.05) is 24.4 Å². The zero-order valence-electron chi connectivity index (χ0n) is 10.9. The molecule has 0 saturated heterocycles. The summed E-state index contributed by atoms with van der Waals surface area (Å²) < 4.78 is 1.68. The van der Waals surface area contributed by atoms with Gasteiger partial charge in [0.15, 0.2) is 5.65 Å². The molecule has 19 heavy (non-hydrogen) atoms. The molecule has 3 heterocycles. The summed E-state index contributed by atoms with van der Waals surface area (Å²) >= 11 is 0. The Balaban J connectivity index is 2.26. The maximum absolute atomic E-state index is 6.05. The van der Waals surface area contributed by atoms with Crippen molar-refractivity contribution in [2.75, 3.05) is 5.73 Å². The van der Waals surface area contributed by atoms with Gasteiger partial charge in [-0.25, -0.2) is 4.98 Å². The number of hydrogen-bond donors (Lipinski definition) is 1. The number of rotatable bonds is 2. The highest BCUT2D eigenvalue weighted by atomic mass is 15.3. The summed E-state index contributed by atoms with van der Waals surface area (Å²) in [6.45, 7) is 4.23. The first-order chi connectivity index (χ1) is 9.16. The van der Waals surface area contributed by atoms with E-state index in [-0.39, 0.29) is 0 Å². The molecule has 0 radical (unpaired) electrons. The third-order valence-corrected chi connectivity index (χ3v) is 3.11. The fourth-order valence-corrected chi connectivity index (χ4v) is 2.07. The van der Waals surface area contributed by atoms with Crippen molar-refractivity contribution in [2.24, 2.45) is 0 Å². The lowest BCUT2D eigenvalue weighted by molar-refractivity contribution is 0.872. The Hall–Kier alpha value is -2.43. The summed E-state index contributed by atoms with van der Waals surface area (Å²) in [4.78, 5) is 8.78. The van der Waals surface area contributed by atoms with E-state index in [1.165, 1.54) is 0 Å². The number of hydrogen-bond acceptors (Lipinski definition) is 4. The quantitative estimate of drug-likeness (QED) is 0.761. The minimum Gasteiger partial charge on any atom is -0.384 e. The van der Waals surface area contributed by atoms with Crippen molar-refractivity contribution < 1.29 is 0 Å². The van der Waals surface area contributed by atoms with Crippen LogP contribution in [0.3, 0.4) is 0 Å². The molecule has 3 aromatic heterocycles. The smallest absolute Gasteiger partial charge is 0.161 e. The molecule has 0 fully saturated rings. The third-order valence-electron chi connectivity index (χ3n) is 3.11. The van der Waals surface area contributed by atoms with Gasteiger partial charge in [-0.2, -0.15) is 9.61 Å². The first-order valence-corrected chi connectivity index (χ1v) is 6.21. The van der Waals surface area contributed by atoms with Crippen molar-refractivity contribution in [2.45, 2.75) is 19.8 Å². The summed E-state index contributed by atoms with van der Waals surface area (Å²) in [5, 5.41) is 4.29. The van der Waals surface area contributed by atoms with Gasteiger partial charge >= 0.3 is 0 Å². The minimum absolute atomic E-state index is 0.355. The van der Waals surface area contributed by atoms with Gasteiger partial charge < -0.3 is 5.73 Å². The third kappa shape index (κ3) is 1.93. The van der Waals surface area contributed by atoms with Crippen molar-refractivity contribution in [3.8, 4) is 11.3 Å². The van der Waals surface area contributed by atoms with Gasteiger partial charge in [0.1, 0.15) is 5.82 Å². The standard InChI is InChI=1S/C14H15N5/c1-9(2)11-8-17-19-13(15)6-12(18-14(11)19)10-4-3-5-16-7-10/h3-9H,15H2,1-2H3. The van der Waals surface area contributed by atoms with Crippen LogP contribution in [-0.2, 0) is 0 Å². The lowest BCUT2D eigenvalue weighted by atomic mass is 10.1. The van der Waals surface area contributed by atoms with E-state index in [0.717, 1.165) is 22.5 Å². The van der Waals surface area contributed by atoms with E-state index in [4.69, 9.17) is 5.73 Å². The molecule has 0 spiro atoms. The average Bonchev–Trinajstić information content (AvgIpc) is 2.84. The number of nitrogens with zero attached hydrogens (tertiary/aromatic N) is 4. The zero-order valence-corrected chi connectivity index (χ0v) is 10.9. The largest absolute Gasteiger partial charge is 0.384 e. The number of aromatic nitrogens is 4. The maximum atomic E-state index is 6.05. The van der Waals surface area contributed by atoms with Crippen LogP contribution in [0.4, 0.5) is 5.82 Å². The molecule has 0 atom stereocenters. The average molecular weight is 253 g/mol. The van der Waals surface area contributed by atoms with Gasteiger partial charge in [-0.15, -0.1) is 0 Å². The second kappa shape index (κ2) is 4.35. The first-order valence-electron chi connectivity index (χ1n) is 6.21. The van der Waals surface area contributed by atoms with Crippen LogP contribution < -0.4 is 5.73 Å². The first kappa shape index (κ1) is 11.6. The Bertz CT molecular complexity index is 715. The number of anilines is 1. The second-order valence-corrected chi connectivity index (χ2v) is 4.80. The van der Waals surface area contributed by atoms with Gasteiger partial charge in [-0.3, -0.25) is 4.98 Å². The molecule has 0 aromatic carbocycles. The van der Waals surface area contributed by atoms with E-state index in [9.17, 15) is 0 Å². The van der Waals surface area contributed by atoms with Crippen molar-refractivity contribution in [1.29, 1.82) is 0 Å². The van der Waals surface area contributed by atoms with Gasteiger partial charge in [-0.05, 0) is 18.1 Å². The summed E-state index contributed by atoms with van der Waals surface area (Å²) in [5.41, 5.74) is 9.73. The molecular formula is C14H15N5. The molecule has 0 aliphatic rings. The van der Waals surface area contributed by atoms with Crippen LogP contribution in [0.5, 0.6) is 0 Å². The van der Waals surface area contributed by atoms with Gasteiger partial charge in [0.05, 0.1) is 11.9 Å². The molecule has 0 bridgehead atoms. The molecule has 5 heteroatoms. The van der Waals surface area contributed by atoms with E-state index >= 15 is 0 Å². The molecule has 3 rings (SSSR count). The van der Waals surface area contributed by atoms with Crippen LogP contribution in [0.15, 0.2) is 36.8 Å². The Morgan fingerprint density at radius 2 is 2.11 bits per heavy atom. The summed E-state index contributed by atoms with van der Waals surface area (Å²) in [6.07, 6.45) is 5.35. The number of nitrogen functional groups attached to an aromatic ring is 1. The Morgan fingerprint density at radius 3 is 2.79 bits per heavy atom. The van der Waals surface area contributed by atoms with Crippen LogP contribution >= 0.6 is 0 Å². The molecule has 0 aliphatic carbocycles. The van der Waals surface area contributed by atoms with Gasteiger partial charge in [0.2, 0.25) is 0 Å². The van der Waals surface area contributed by atoms with Crippen LogP contribution in [0.1, 0.15) is 25.3 Å². The van der Waals surface area contributed by atoms with E-state index in [0.29, 0.717) is 11.7 Å². The number of pyridine rings is 1. The lowest BCUT2D eigenvalue weighted by Gasteiger charge is -2.06. The SMILES string of the molecule is CC(C)c1cnn2c(N)cc(-c3cccnc3)nc12. The highest BCUT2D eigenvalue weighted by molar-refractivity contribution is 5.66. The summed E-state index contributed by atoms with van der Waals surface area (Å²) in [5.74, 6) is 0.935. The normalized spacial score (nSPS) is 11.3. The van der Waals surface area contributed by atoms with Crippen LogP contribution in [0.2, 0.25) is 0 Å². The van der Waals surface area contributed by atoms with Gasteiger partial charge in [-0.1, -0.05) is 13.8 Å². The molecule has 0 aliphatic heterocycles. The predicted octanol–water partition coefficient (Wildman–Crippen LogP) is 2.50. The second-order valence-electron chi connectivity index (χ2n) is 4.80. The van der Waals surface area contributed by atoms with Gasteiger partial charge in [0, 0.05) is 29.6 Å². The monoisotopic (exact) mass is 253 g/mol. The topological polar surface area (TPSA) is 69.1 Å². The molecule has 0 saturated carbocycles. The lowest BCUT2D eigenvalue weighted by Crippen LogP contribution is -2.02. The molecule has 0 unspecified atom stereocenters. The summed E-state index contributed by atoms with van der Waals surface area (Å²) in [7, 11) is 0. The highest BCUT2D eigenvalue weighted by Gasteiger charge is 2.13. The van der Waals surface area contributed by atoms with Crippen molar-refractivity contribution in [3.05, 3.63) is 42.4 Å². The molecular weight excluding hydrogens is 238 g/mol. The van der Waals surface area contributed by atoms with Crippen molar-refractivity contribution >= 4 is 11.5 Å². The van der Waals surface area contributed by atoms with E-state index < -0.39 is 0 Å². The number of nitrogens with two attached hydrogens (primary N) is 1. The maximum Gasteiger partial charge on any atom is 0.161 e. The summed E-state index contributed by atoms with van der Waals surface area (Å²) in [6, 6.07) is 5.68. The Kier molecular flexibility index (Phi) is 2.67. The Morgan fingerprint density at radius 1 is 1.26 bits per heavy atom. The minimum atomic E-state index is 0.355. The fourth-order valence-electron chi connectivity index (χ4n) is 2.07. The predicted molar refractivity (Wildman–Crippen MR) is 74.7 cm³/mol. The molecule has 3 aromatic rings. The zero-order chi connectivity index (χ0) is 13.4. The van der Waals surface area contributed by atoms with E-state index in [1.54, 1.807) is 16.9 Å². The van der Waals surface area contributed by atoms with Crippen LogP contribution in [-0.4, -0.2) is 19.6 Å². The van der Waals surface area contributed by atoms with Gasteiger partial charge in [0.25, 0.3) is 0 Å². The van der Waals surface area contributed by atoms with Crippen molar-refractivity contribution in [3.63, 3.8) is 0 Å². The fraction of sp³-hybridized carbons (Fsp3) is 0.214. The molecule has 0 amide bonds. The number of fused-ring (bicyclic) bond motifs is 1. The van der Waals surface area contributed by atoms with Crippen molar-refractivity contribution in [1.82, 2.24) is 19.6 Å². The molecule has 96 valence electrons. The van der Waals surface area contributed by atoms with Crippen LogP contribution in [0.25, 0.3) is 16.9 Å². The van der Waals surface area contributed by atoms with Crippen LogP contribution in [0, 0.1) is 0 Å². The van der Waals surface area contributed by atoms with E-state index in [2.05, 4.69) is 28.9 Å². The Labute approximate surface area is 111 Å².